The van der Waals surface area contributed by atoms with Gasteiger partial charge in [0.05, 0.1) is 0 Å². The first-order chi connectivity index (χ1) is 7.11. The summed E-state index contributed by atoms with van der Waals surface area (Å²) in [5.41, 5.74) is 0. The Kier molecular flexibility index (Phi) is 5.58. The molecule has 90 valence electrons. The second-order valence-corrected chi connectivity index (χ2v) is 5.04. The minimum atomic E-state index is 0.609. The third-order valence-corrected chi connectivity index (χ3v) is 3.19. The number of piperidine rings is 1. The normalized spacial score (nSPS) is 22.2. The summed E-state index contributed by atoms with van der Waals surface area (Å²) in [6, 6.07) is 1.35. The van der Waals surface area contributed by atoms with E-state index in [1.165, 1.54) is 32.5 Å². The van der Waals surface area contributed by atoms with Gasteiger partial charge in [0.1, 0.15) is 0 Å². The van der Waals surface area contributed by atoms with Crippen LogP contribution in [-0.2, 0) is 0 Å². The summed E-state index contributed by atoms with van der Waals surface area (Å²) in [6.07, 6.45) is 2.62. The van der Waals surface area contributed by atoms with Crippen molar-refractivity contribution < 1.29 is 0 Å². The fourth-order valence-corrected chi connectivity index (χ4v) is 2.42. The zero-order valence-corrected chi connectivity index (χ0v) is 10.8. The molecule has 1 saturated heterocycles. The van der Waals surface area contributed by atoms with Crippen LogP contribution in [0, 0.1) is 0 Å². The van der Waals surface area contributed by atoms with E-state index >= 15 is 0 Å². The third kappa shape index (κ3) is 4.96. The Hall–Kier alpha value is -0.120. The van der Waals surface area contributed by atoms with Crippen molar-refractivity contribution in [1.29, 1.82) is 0 Å². The highest BCUT2D eigenvalue weighted by atomic mass is 15.1. The first-order valence-electron chi connectivity index (χ1n) is 6.25. The molecule has 0 bridgehead atoms. The molecule has 0 aromatic carbocycles. The molecule has 0 aliphatic carbocycles. The first-order valence-corrected chi connectivity index (χ1v) is 6.25. The lowest BCUT2D eigenvalue weighted by molar-refractivity contribution is 0.194. The van der Waals surface area contributed by atoms with E-state index in [9.17, 15) is 0 Å². The Morgan fingerprint density at radius 2 is 1.93 bits per heavy atom. The molecule has 1 aliphatic rings. The summed E-state index contributed by atoms with van der Waals surface area (Å²) in [6.45, 7) is 9.41. The average molecular weight is 213 g/mol. The number of likely N-dealkylation sites (N-methyl/N-ethyl adjacent to an activating group) is 1. The molecular formula is C12H27N3. The average Bonchev–Trinajstić information content (AvgIpc) is 2.17. The van der Waals surface area contributed by atoms with Crippen molar-refractivity contribution in [2.24, 2.45) is 0 Å². The lowest BCUT2D eigenvalue weighted by Crippen LogP contribution is -2.47. The molecular weight excluding hydrogens is 186 g/mol. The Balaban J connectivity index is 2.17. The summed E-state index contributed by atoms with van der Waals surface area (Å²) >= 11 is 0. The van der Waals surface area contributed by atoms with Crippen LogP contribution in [0.3, 0.4) is 0 Å². The molecule has 3 heteroatoms. The summed E-state index contributed by atoms with van der Waals surface area (Å²) < 4.78 is 0. The Labute approximate surface area is 94.8 Å². The molecule has 1 aliphatic heterocycles. The van der Waals surface area contributed by atoms with Crippen molar-refractivity contribution >= 4 is 0 Å². The lowest BCUT2D eigenvalue weighted by atomic mass is 10.0. The van der Waals surface area contributed by atoms with Gasteiger partial charge in [0.15, 0.2) is 0 Å². The van der Waals surface area contributed by atoms with Crippen LogP contribution < -0.4 is 5.32 Å². The molecule has 0 saturated carbocycles. The Bertz CT molecular complexity index is 162. The zero-order chi connectivity index (χ0) is 11.3. The van der Waals surface area contributed by atoms with Gasteiger partial charge in [-0.05, 0) is 53.5 Å². The third-order valence-electron chi connectivity index (χ3n) is 3.19. The first kappa shape index (κ1) is 12.9. The van der Waals surface area contributed by atoms with Gasteiger partial charge in [0, 0.05) is 18.6 Å². The SMILES string of the molecule is CCN1CCC(NC(C)CN(C)C)CC1. The molecule has 1 N–H and O–H groups in total. The molecule has 1 rings (SSSR count). The molecule has 1 atom stereocenters. The topological polar surface area (TPSA) is 18.5 Å². The highest BCUT2D eigenvalue weighted by Gasteiger charge is 2.19. The number of hydrogen-bond acceptors (Lipinski definition) is 3. The summed E-state index contributed by atoms with van der Waals surface area (Å²) in [4.78, 5) is 4.79. The van der Waals surface area contributed by atoms with Crippen LogP contribution in [0.1, 0.15) is 26.7 Å². The molecule has 0 radical (unpaired) electrons. The summed E-state index contributed by atoms with van der Waals surface area (Å²) in [7, 11) is 4.27. The highest BCUT2D eigenvalue weighted by Crippen LogP contribution is 2.10. The highest BCUT2D eigenvalue weighted by molar-refractivity contribution is 4.79. The van der Waals surface area contributed by atoms with Crippen LogP contribution in [0.5, 0.6) is 0 Å². The summed E-state index contributed by atoms with van der Waals surface area (Å²) in [5, 5.41) is 3.73. The van der Waals surface area contributed by atoms with Crippen LogP contribution in [-0.4, -0.2) is 62.2 Å². The molecule has 0 amide bonds. The predicted molar refractivity (Wildman–Crippen MR) is 66.3 cm³/mol. The molecule has 1 unspecified atom stereocenters. The number of likely N-dealkylation sites (tertiary alicyclic amines) is 1. The van der Waals surface area contributed by atoms with Crippen molar-refractivity contribution in [3.8, 4) is 0 Å². The fourth-order valence-electron chi connectivity index (χ4n) is 2.42. The second-order valence-electron chi connectivity index (χ2n) is 5.04. The van der Waals surface area contributed by atoms with Gasteiger partial charge in [-0.25, -0.2) is 0 Å². The van der Waals surface area contributed by atoms with E-state index in [2.05, 4.69) is 43.1 Å². The van der Waals surface area contributed by atoms with Crippen molar-refractivity contribution in [1.82, 2.24) is 15.1 Å². The van der Waals surface area contributed by atoms with E-state index < -0.39 is 0 Å². The van der Waals surface area contributed by atoms with Gasteiger partial charge in [-0.2, -0.15) is 0 Å². The van der Waals surface area contributed by atoms with Crippen molar-refractivity contribution in [3.63, 3.8) is 0 Å². The van der Waals surface area contributed by atoms with Crippen molar-refractivity contribution in [2.45, 2.75) is 38.8 Å². The van der Waals surface area contributed by atoms with Crippen LogP contribution >= 0.6 is 0 Å². The molecule has 0 aromatic rings. The Morgan fingerprint density at radius 3 is 2.40 bits per heavy atom. The Morgan fingerprint density at radius 1 is 1.33 bits per heavy atom. The van der Waals surface area contributed by atoms with E-state index in [0.717, 1.165) is 12.6 Å². The van der Waals surface area contributed by atoms with Gasteiger partial charge in [-0.1, -0.05) is 6.92 Å². The zero-order valence-electron chi connectivity index (χ0n) is 10.8. The van der Waals surface area contributed by atoms with E-state index in [4.69, 9.17) is 0 Å². The largest absolute Gasteiger partial charge is 0.310 e. The van der Waals surface area contributed by atoms with E-state index in [0.29, 0.717) is 6.04 Å². The van der Waals surface area contributed by atoms with Gasteiger partial charge in [-0.15, -0.1) is 0 Å². The minimum absolute atomic E-state index is 0.609. The molecule has 0 aromatic heterocycles. The minimum Gasteiger partial charge on any atom is -0.310 e. The van der Waals surface area contributed by atoms with Crippen LogP contribution in [0.25, 0.3) is 0 Å². The molecule has 3 nitrogen and oxygen atoms in total. The lowest BCUT2D eigenvalue weighted by Gasteiger charge is -2.33. The van der Waals surface area contributed by atoms with Crippen molar-refractivity contribution in [2.75, 3.05) is 40.3 Å². The fraction of sp³-hybridized carbons (Fsp3) is 1.00. The summed E-state index contributed by atoms with van der Waals surface area (Å²) in [5.74, 6) is 0. The van der Waals surface area contributed by atoms with Gasteiger partial charge in [-0.3, -0.25) is 0 Å². The van der Waals surface area contributed by atoms with Gasteiger partial charge in [0.25, 0.3) is 0 Å². The van der Waals surface area contributed by atoms with E-state index in [-0.39, 0.29) is 0 Å². The molecule has 1 heterocycles. The van der Waals surface area contributed by atoms with Crippen LogP contribution in [0.15, 0.2) is 0 Å². The number of rotatable bonds is 5. The second kappa shape index (κ2) is 6.46. The number of nitrogens with zero attached hydrogens (tertiary/aromatic N) is 2. The number of hydrogen-bond donors (Lipinski definition) is 1. The van der Waals surface area contributed by atoms with E-state index in [1.807, 2.05) is 0 Å². The standard InChI is InChI=1S/C12H27N3/c1-5-15-8-6-12(7-9-15)13-11(2)10-14(3)4/h11-13H,5-10H2,1-4H3. The molecule has 1 fully saturated rings. The molecule has 15 heavy (non-hydrogen) atoms. The smallest absolute Gasteiger partial charge is 0.0169 e. The van der Waals surface area contributed by atoms with Gasteiger partial charge >= 0.3 is 0 Å². The van der Waals surface area contributed by atoms with Gasteiger partial charge < -0.3 is 15.1 Å². The van der Waals surface area contributed by atoms with Gasteiger partial charge in [0.2, 0.25) is 0 Å². The maximum Gasteiger partial charge on any atom is 0.0169 e. The van der Waals surface area contributed by atoms with E-state index in [1.54, 1.807) is 0 Å². The number of nitrogens with one attached hydrogen (secondary N) is 1. The maximum absolute atomic E-state index is 3.73. The monoisotopic (exact) mass is 213 g/mol. The predicted octanol–water partition coefficient (Wildman–Crippen LogP) is 1.01. The quantitative estimate of drug-likeness (QED) is 0.735. The van der Waals surface area contributed by atoms with Crippen LogP contribution in [0.4, 0.5) is 0 Å². The maximum atomic E-state index is 3.73. The van der Waals surface area contributed by atoms with Crippen LogP contribution in [0.2, 0.25) is 0 Å². The molecule has 0 spiro atoms. The van der Waals surface area contributed by atoms with Crippen molar-refractivity contribution in [3.05, 3.63) is 0 Å².